The second-order valence-corrected chi connectivity index (χ2v) is 7.03. The molecule has 29 heavy (non-hydrogen) atoms. The Bertz CT molecular complexity index is 1210. The summed E-state index contributed by atoms with van der Waals surface area (Å²) in [5, 5.41) is 3.07. The molecule has 0 unspecified atom stereocenters. The Balaban J connectivity index is 2.26. The van der Waals surface area contributed by atoms with Crippen LogP contribution >= 0.6 is 0 Å². The molecule has 0 atom stereocenters. The third-order valence-corrected chi connectivity index (χ3v) is 4.79. The lowest BCUT2D eigenvalue weighted by Gasteiger charge is -2.18. The Hall–Kier alpha value is -3.42. The fourth-order valence-corrected chi connectivity index (χ4v) is 3.23. The van der Waals surface area contributed by atoms with Gasteiger partial charge < -0.3 is 10.1 Å². The molecule has 3 aromatic rings. The van der Waals surface area contributed by atoms with Gasteiger partial charge in [0.05, 0.1) is 17.9 Å². The summed E-state index contributed by atoms with van der Waals surface area (Å²) in [6, 6.07) is 6.91. The Labute approximate surface area is 167 Å². The Morgan fingerprint density at radius 2 is 1.86 bits per heavy atom. The maximum absolute atomic E-state index is 13.1. The smallest absolute Gasteiger partial charge is 0.332 e. The van der Waals surface area contributed by atoms with Gasteiger partial charge in [-0.2, -0.15) is 0 Å². The van der Waals surface area contributed by atoms with Gasteiger partial charge >= 0.3 is 5.69 Å². The van der Waals surface area contributed by atoms with Crippen molar-refractivity contribution < 1.29 is 9.53 Å². The van der Waals surface area contributed by atoms with E-state index in [1.54, 1.807) is 37.5 Å². The van der Waals surface area contributed by atoms with Crippen LogP contribution in [0.4, 0.5) is 5.69 Å². The van der Waals surface area contributed by atoms with E-state index in [2.05, 4.69) is 10.3 Å². The minimum Gasteiger partial charge on any atom is -0.493 e. The van der Waals surface area contributed by atoms with Crippen LogP contribution in [0.15, 0.2) is 40.1 Å². The number of rotatable bonds is 5. The third kappa shape index (κ3) is 3.53. The monoisotopic (exact) mass is 396 g/mol. The highest BCUT2D eigenvalue weighted by atomic mass is 16.5. The van der Waals surface area contributed by atoms with Crippen LogP contribution in [-0.2, 0) is 14.1 Å². The minimum atomic E-state index is -0.508. The molecule has 1 aromatic carbocycles. The summed E-state index contributed by atoms with van der Waals surface area (Å²) in [6.45, 7) is 6.15. The Kier molecular flexibility index (Phi) is 5.54. The molecule has 0 aliphatic rings. The molecule has 0 saturated heterocycles. The number of carbonyl (C=O) groups excluding carboxylic acids is 1. The van der Waals surface area contributed by atoms with Gasteiger partial charge in [-0.25, -0.2) is 9.78 Å². The first-order valence-corrected chi connectivity index (χ1v) is 9.39. The summed E-state index contributed by atoms with van der Waals surface area (Å²) in [5.74, 6) is 0.0443. The van der Waals surface area contributed by atoms with E-state index < -0.39 is 17.2 Å². The molecule has 2 aromatic heterocycles. The number of benzene rings is 1. The molecule has 0 radical (unpaired) electrons. The molecule has 1 N–H and O–H groups in total. The topological polar surface area (TPSA) is 95.2 Å². The van der Waals surface area contributed by atoms with E-state index in [4.69, 9.17) is 4.74 Å². The van der Waals surface area contributed by atoms with Crippen LogP contribution in [0.5, 0.6) is 5.75 Å². The lowest BCUT2D eigenvalue weighted by atomic mass is 10.0. The Morgan fingerprint density at radius 1 is 1.17 bits per heavy atom. The summed E-state index contributed by atoms with van der Waals surface area (Å²) in [5.41, 5.74) is 0.650. The second-order valence-electron chi connectivity index (χ2n) is 7.03. The van der Waals surface area contributed by atoms with E-state index in [-0.39, 0.29) is 17.0 Å². The number of para-hydroxylation sites is 1. The number of fused-ring (bicyclic) bond motifs is 1. The van der Waals surface area contributed by atoms with Gasteiger partial charge in [-0.1, -0.05) is 26.0 Å². The van der Waals surface area contributed by atoms with E-state index in [1.807, 2.05) is 20.8 Å². The first-order valence-electron chi connectivity index (χ1n) is 9.39. The molecule has 0 spiro atoms. The zero-order valence-corrected chi connectivity index (χ0v) is 17.1. The van der Waals surface area contributed by atoms with Crippen LogP contribution < -0.4 is 21.3 Å². The van der Waals surface area contributed by atoms with Crippen LogP contribution in [0.1, 0.15) is 42.6 Å². The van der Waals surface area contributed by atoms with Crippen molar-refractivity contribution >= 4 is 22.6 Å². The molecule has 1 amide bonds. The van der Waals surface area contributed by atoms with Gasteiger partial charge in [0.2, 0.25) is 0 Å². The van der Waals surface area contributed by atoms with Gasteiger partial charge in [0.25, 0.3) is 11.5 Å². The van der Waals surface area contributed by atoms with Gasteiger partial charge in [-0.15, -0.1) is 0 Å². The number of aromatic nitrogens is 3. The van der Waals surface area contributed by atoms with Crippen molar-refractivity contribution in [2.75, 3.05) is 11.9 Å². The normalized spacial score (nSPS) is 11.1. The molecular weight excluding hydrogens is 372 g/mol. The van der Waals surface area contributed by atoms with Crippen molar-refractivity contribution in [1.82, 2.24) is 14.1 Å². The van der Waals surface area contributed by atoms with E-state index in [1.165, 1.54) is 11.6 Å². The second kappa shape index (κ2) is 7.90. The van der Waals surface area contributed by atoms with E-state index in [0.29, 0.717) is 29.2 Å². The highest BCUT2D eigenvalue weighted by Gasteiger charge is 2.22. The lowest BCUT2D eigenvalue weighted by molar-refractivity contribution is 0.102. The maximum Gasteiger partial charge on any atom is 0.332 e. The molecule has 3 rings (SSSR count). The molecule has 8 heteroatoms. The SMILES string of the molecule is CCOc1ccccc1C(=O)Nc1c(C(C)C)cnc2c1c(=O)n(C)c(=O)n2C. The molecule has 0 saturated carbocycles. The minimum absolute atomic E-state index is 0.00808. The van der Waals surface area contributed by atoms with E-state index in [9.17, 15) is 14.4 Å². The van der Waals surface area contributed by atoms with Crippen molar-refractivity contribution in [3.8, 4) is 5.75 Å². The largest absolute Gasteiger partial charge is 0.493 e. The average Bonchev–Trinajstić information content (AvgIpc) is 2.70. The number of ether oxygens (including phenoxy) is 1. The number of hydrogen-bond acceptors (Lipinski definition) is 5. The number of aryl methyl sites for hydroxylation is 1. The average molecular weight is 396 g/mol. The number of carbonyl (C=O) groups is 1. The number of nitrogens with zero attached hydrogens (tertiary/aromatic N) is 3. The summed E-state index contributed by atoms with van der Waals surface area (Å²) in [6.07, 6.45) is 1.59. The molecule has 2 heterocycles. The van der Waals surface area contributed by atoms with E-state index >= 15 is 0 Å². The molecule has 152 valence electrons. The van der Waals surface area contributed by atoms with Crippen LogP contribution in [0.3, 0.4) is 0 Å². The lowest BCUT2D eigenvalue weighted by Crippen LogP contribution is -2.38. The number of amides is 1. The van der Waals surface area contributed by atoms with Crippen LogP contribution in [0.25, 0.3) is 11.0 Å². The zero-order chi connectivity index (χ0) is 21.3. The summed E-state index contributed by atoms with van der Waals surface area (Å²) in [7, 11) is 2.95. The summed E-state index contributed by atoms with van der Waals surface area (Å²) in [4.78, 5) is 42.6. The van der Waals surface area contributed by atoms with Crippen LogP contribution in [0, 0.1) is 0 Å². The zero-order valence-electron chi connectivity index (χ0n) is 17.1. The standard InChI is InChI=1S/C21H24N4O4/c1-6-29-15-10-8-7-9-13(15)19(26)23-17-14(12(2)3)11-22-18-16(17)20(27)25(5)21(28)24(18)4/h7-12H,6H2,1-5H3,(H,22,23,26). The predicted molar refractivity (Wildman–Crippen MR) is 112 cm³/mol. The molecule has 0 bridgehead atoms. The number of nitrogens with one attached hydrogen (secondary N) is 1. The summed E-state index contributed by atoms with van der Waals surface area (Å²) >= 11 is 0. The van der Waals surface area contributed by atoms with Crippen molar-refractivity contribution in [3.63, 3.8) is 0 Å². The number of hydrogen-bond donors (Lipinski definition) is 1. The van der Waals surface area contributed by atoms with Gasteiger partial charge in [0.15, 0.2) is 5.65 Å². The fraction of sp³-hybridized carbons (Fsp3) is 0.333. The van der Waals surface area contributed by atoms with Gasteiger partial charge in [0.1, 0.15) is 11.1 Å². The van der Waals surface area contributed by atoms with Gasteiger partial charge in [0, 0.05) is 20.3 Å². The van der Waals surface area contributed by atoms with Crippen LogP contribution in [-0.4, -0.2) is 26.6 Å². The fourth-order valence-electron chi connectivity index (χ4n) is 3.23. The highest BCUT2D eigenvalue weighted by Crippen LogP contribution is 2.30. The summed E-state index contributed by atoms with van der Waals surface area (Å²) < 4.78 is 7.86. The van der Waals surface area contributed by atoms with Gasteiger partial charge in [-0.05, 0) is 30.5 Å². The molecule has 0 aliphatic heterocycles. The maximum atomic E-state index is 13.1. The van der Waals surface area contributed by atoms with Crippen LogP contribution in [0.2, 0.25) is 0 Å². The molecule has 8 nitrogen and oxygen atoms in total. The van der Waals surface area contributed by atoms with E-state index in [0.717, 1.165) is 4.57 Å². The first kappa shape index (κ1) is 20.3. The van der Waals surface area contributed by atoms with Crippen molar-refractivity contribution in [3.05, 3.63) is 62.4 Å². The number of pyridine rings is 1. The highest BCUT2D eigenvalue weighted by molar-refractivity contribution is 6.10. The number of anilines is 1. The van der Waals surface area contributed by atoms with Crippen molar-refractivity contribution in [2.45, 2.75) is 26.7 Å². The van der Waals surface area contributed by atoms with Gasteiger partial charge in [-0.3, -0.25) is 18.7 Å². The van der Waals surface area contributed by atoms with Crippen molar-refractivity contribution in [2.24, 2.45) is 14.1 Å². The quantitative estimate of drug-likeness (QED) is 0.715. The molecular formula is C21H24N4O4. The first-order chi connectivity index (χ1) is 13.8. The predicted octanol–water partition coefficient (Wildman–Crippen LogP) is 2.41. The molecule has 0 aliphatic carbocycles. The third-order valence-electron chi connectivity index (χ3n) is 4.79. The Morgan fingerprint density at radius 3 is 2.52 bits per heavy atom. The molecule has 0 fully saturated rings. The van der Waals surface area contributed by atoms with Crippen molar-refractivity contribution in [1.29, 1.82) is 0 Å².